The number of alkyl halides is 1. The lowest BCUT2D eigenvalue weighted by Crippen LogP contribution is -2.54. The van der Waals surface area contributed by atoms with Gasteiger partial charge in [-0.3, -0.25) is 10.2 Å². The van der Waals surface area contributed by atoms with Crippen LogP contribution < -0.4 is 5.43 Å². The zero-order chi connectivity index (χ0) is 13.8. The Morgan fingerprint density at radius 1 is 1.26 bits per heavy atom. The molecule has 2 unspecified atom stereocenters. The zero-order valence-electron chi connectivity index (χ0n) is 11.5. The van der Waals surface area contributed by atoms with Crippen LogP contribution in [0.5, 0.6) is 0 Å². The summed E-state index contributed by atoms with van der Waals surface area (Å²) in [7, 11) is 0. The van der Waals surface area contributed by atoms with Crippen molar-refractivity contribution in [1.82, 2.24) is 10.4 Å². The van der Waals surface area contributed by atoms with Crippen molar-refractivity contribution in [2.75, 3.05) is 0 Å². The van der Waals surface area contributed by atoms with E-state index in [0.717, 1.165) is 18.4 Å². The Kier molecular flexibility index (Phi) is 4.83. The summed E-state index contributed by atoms with van der Waals surface area (Å²) in [5.41, 5.74) is 4.74. The highest BCUT2D eigenvalue weighted by Crippen LogP contribution is 2.20. The Morgan fingerprint density at radius 3 is 2.37 bits per heavy atom. The Labute approximate surface area is 119 Å². The number of amides is 1. The number of carbonyl (C=O) groups is 1. The quantitative estimate of drug-likeness (QED) is 0.862. The third-order valence-electron chi connectivity index (χ3n) is 3.79. The molecule has 1 saturated heterocycles. The van der Waals surface area contributed by atoms with Crippen LogP contribution in [0.3, 0.4) is 0 Å². The van der Waals surface area contributed by atoms with Crippen LogP contribution in [0.15, 0.2) is 24.3 Å². The van der Waals surface area contributed by atoms with Gasteiger partial charge >= 0.3 is 0 Å². The van der Waals surface area contributed by atoms with Gasteiger partial charge in [-0.15, -0.1) is 11.6 Å². The van der Waals surface area contributed by atoms with E-state index in [1.165, 1.54) is 6.42 Å². The number of halogens is 1. The number of hydrogen-bond acceptors (Lipinski definition) is 2. The van der Waals surface area contributed by atoms with E-state index in [2.05, 4.69) is 24.3 Å². The first-order valence-corrected chi connectivity index (χ1v) is 7.39. The maximum Gasteiger partial charge on any atom is 0.265 e. The molecule has 0 aromatic heterocycles. The molecule has 3 nitrogen and oxygen atoms in total. The fourth-order valence-corrected chi connectivity index (χ4v) is 2.75. The third kappa shape index (κ3) is 3.48. The fourth-order valence-electron chi connectivity index (χ4n) is 2.57. The average Bonchev–Trinajstić information content (AvgIpc) is 2.43. The Morgan fingerprint density at radius 2 is 1.84 bits per heavy atom. The van der Waals surface area contributed by atoms with Crippen molar-refractivity contribution >= 4 is 17.5 Å². The molecule has 0 aliphatic carbocycles. The predicted molar refractivity (Wildman–Crippen MR) is 78.1 cm³/mol. The molecular formula is C15H21ClN2O. The van der Waals surface area contributed by atoms with Gasteiger partial charge in [-0.1, -0.05) is 18.6 Å². The summed E-state index contributed by atoms with van der Waals surface area (Å²) in [5, 5.41) is 2.08. The first-order chi connectivity index (χ1) is 9.11. The van der Waals surface area contributed by atoms with Gasteiger partial charge in [0, 0.05) is 23.5 Å². The second-order valence-electron chi connectivity index (χ2n) is 5.31. The molecule has 2 rings (SSSR count). The van der Waals surface area contributed by atoms with Crippen molar-refractivity contribution in [1.29, 1.82) is 0 Å². The van der Waals surface area contributed by atoms with Gasteiger partial charge in [0.05, 0.1) is 0 Å². The number of hydrazine groups is 1. The number of piperidine rings is 1. The number of benzene rings is 1. The van der Waals surface area contributed by atoms with Crippen molar-refractivity contribution < 1.29 is 4.79 Å². The van der Waals surface area contributed by atoms with E-state index >= 15 is 0 Å². The van der Waals surface area contributed by atoms with Gasteiger partial charge in [0.15, 0.2) is 0 Å². The van der Waals surface area contributed by atoms with Gasteiger partial charge < -0.3 is 0 Å². The van der Waals surface area contributed by atoms with Gasteiger partial charge in [0.25, 0.3) is 5.91 Å². The van der Waals surface area contributed by atoms with Gasteiger partial charge in [-0.25, -0.2) is 5.01 Å². The van der Waals surface area contributed by atoms with Crippen molar-refractivity contribution in [2.45, 2.75) is 51.1 Å². The second-order valence-corrected chi connectivity index (χ2v) is 5.57. The minimum atomic E-state index is -0.0401. The fraction of sp³-hybridized carbons (Fsp3) is 0.533. The lowest BCUT2D eigenvalue weighted by Gasteiger charge is -2.38. The summed E-state index contributed by atoms with van der Waals surface area (Å²) >= 11 is 5.74. The molecule has 1 fully saturated rings. The maximum absolute atomic E-state index is 12.2. The molecule has 1 N–H and O–H groups in total. The van der Waals surface area contributed by atoms with Gasteiger partial charge in [0.2, 0.25) is 0 Å². The Balaban J connectivity index is 2.02. The number of carbonyl (C=O) groups excluding carboxylic acids is 1. The van der Waals surface area contributed by atoms with E-state index in [1.807, 2.05) is 24.3 Å². The average molecular weight is 281 g/mol. The topological polar surface area (TPSA) is 32.3 Å². The van der Waals surface area contributed by atoms with E-state index in [4.69, 9.17) is 11.6 Å². The van der Waals surface area contributed by atoms with Crippen LogP contribution in [0.1, 0.15) is 49.0 Å². The SMILES string of the molecule is CC1CCCC(C)N1NC(=O)c1ccc(CCl)cc1. The van der Waals surface area contributed by atoms with E-state index in [1.54, 1.807) is 0 Å². The molecule has 0 bridgehead atoms. The summed E-state index contributed by atoms with van der Waals surface area (Å²) in [5.74, 6) is 0.434. The van der Waals surface area contributed by atoms with Crippen LogP contribution in [0.2, 0.25) is 0 Å². The normalized spacial score (nSPS) is 24.2. The molecule has 19 heavy (non-hydrogen) atoms. The largest absolute Gasteiger partial charge is 0.284 e. The van der Waals surface area contributed by atoms with Crippen molar-refractivity contribution in [3.63, 3.8) is 0 Å². The van der Waals surface area contributed by atoms with E-state index in [9.17, 15) is 4.79 Å². The molecule has 1 aliphatic heterocycles. The molecule has 4 heteroatoms. The summed E-state index contributed by atoms with van der Waals surface area (Å²) in [6, 6.07) is 8.24. The van der Waals surface area contributed by atoms with Gasteiger partial charge in [0.1, 0.15) is 0 Å². The lowest BCUT2D eigenvalue weighted by molar-refractivity contribution is 0.0370. The number of hydrogen-bond donors (Lipinski definition) is 1. The molecule has 0 saturated carbocycles. The van der Waals surface area contributed by atoms with E-state index in [0.29, 0.717) is 23.5 Å². The molecular weight excluding hydrogens is 260 g/mol. The molecule has 0 radical (unpaired) electrons. The Bertz CT molecular complexity index is 422. The highest BCUT2D eigenvalue weighted by molar-refractivity contribution is 6.17. The third-order valence-corrected chi connectivity index (χ3v) is 4.10. The molecule has 0 spiro atoms. The van der Waals surface area contributed by atoms with Crippen LogP contribution in [0.4, 0.5) is 0 Å². The standard InChI is InChI=1S/C15H21ClN2O/c1-11-4-3-5-12(2)18(11)17-15(19)14-8-6-13(10-16)7-9-14/h6-9,11-12H,3-5,10H2,1-2H3,(H,17,19). The van der Waals surface area contributed by atoms with Crippen molar-refractivity contribution in [2.24, 2.45) is 0 Å². The van der Waals surface area contributed by atoms with E-state index in [-0.39, 0.29) is 5.91 Å². The molecule has 1 aliphatic rings. The molecule has 1 heterocycles. The summed E-state index contributed by atoms with van der Waals surface area (Å²) in [4.78, 5) is 12.2. The summed E-state index contributed by atoms with van der Waals surface area (Å²) < 4.78 is 0. The number of nitrogens with zero attached hydrogens (tertiary/aromatic N) is 1. The highest BCUT2D eigenvalue weighted by atomic mass is 35.5. The molecule has 1 aromatic rings. The van der Waals surface area contributed by atoms with Crippen LogP contribution >= 0.6 is 11.6 Å². The van der Waals surface area contributed by atoms with Crippen LogP contribution in [-0.4, -0.2) is 23.0 Å². The molecule has 104 valence electrons. The monoisotopic (exact) mass is 280 g/mol. The van der Waals surface area contributed by atoms with Crippen LogP contribution in [-0.2, 0) is 5.88 Å². The van der Waals surface area contributed by atoms with Crippen LogP contribution in [0.25, 0.3) is 0 Å². The minimum absolute atomic E-state index is 0.0401. The first kappa shape index (κ1) is 14.4. The van der Waals surface area contributed by atoms with Crippen molar-refractivity contribution in [3.8, 4) is 0 Å². The van der Waals surface area contributed by atoms with Crippen molar-refractivity contribution in [3.05, 3.63) is 35.4 Å². The summed E-state index contributed by atoms with van der Waals surface area (Å²) in [6.07, 6.45) is 3.50. The predicted octanol–water partition coefficient (Wildman–Crippen LogP) is 3.33. The first-order valence-electron chi connectivity index (χ1n) is 6.86. The molecule has 1 aromatic carbocycles. The number of nitrogens with one attached hydrogen (secondary N) is 1. The molecule has 1 amide bonds. The van der Waals surface area contributed by atoms with Crippen LogP contribution in [0, 0.1) is 0 Å². The Hall–Kier alpha value is -1.06. The second kappa shape index (κ2) is 6.40. The summed E-state index contributed by atoms with van der Waals surface area (Å²) in [6.45, 7) is 4.32. The highest BCUT2D eigenvalue weighted by Gasteiger charge is 2.26. The maximum atomic E-state index is 12.2. The van der Waals surface area contributed by atoms with Gasteiger partial charge in [-0.05, 0) is 44.4 Å². The zero-order valence-corrected chi connectivity index (χ0v) is 12.3. The van der Waals surface area contributed by atoms with E-state index < -0.39 is 0 Å². The minimum Gasteiger partial charge on any atom is -0.284 e. The smallest absolute Gasteiger partial charge is 0.265 e. The number of rotatable bonds is 3. The molecule has 2 atom stereocenters. The lowest BCUT2D eigenvalue weighted by atomic mass is 10.00. The van der Waals surface area contributed by atoms with Gasteiger partial charge in [-0.2, -0.15) is 0 Å².